The third-order valence-corrected chi connectivity index (χ3v) is 4.96. The van der Waals surface area contributed by atoms with Gasteiger partial charge in [0, 0.05) is 11.5 Å². The van der Waals surface area contributed by atoms with E-state index in [9.17, 15) is 4.79 Å². The fourth-order valence-electron chi connectivity index (χ4n) is 3.57. The first-order valence-corrected chi connectivity index (χ1v) is 8.87. The van der Waals surface area contributed by atoms with E-state index in [1.807, 2.05) is 12.1 Å². The van der Waals surface area contributed by atoms with Gasteiger partial charge in [-0.25, -0.2) is 0 Å². The van der Waals surface area contributed by atoms with Crippen LogP contribution in [0.4, 0.5) is 0 Å². The molecule has 1 aliphatic rings. The first-order valence-electron chi connectivity index (χ1n) is 8.87. The van der Waals surface area contributed by atoms with E-state index >= 15 is 0 Å². The highest BCUT2D eigenvalue weighted by Crippen LogP contribution is 2.33. The lowest BCUT2D eigenvalue weighted by molar-refractivity contribution is 0.0869. The topological polar surface area (TPSA) is 17.1 Å². The van der Waals surface area contributed by atoms with Gasteiger partial charge in [-0.05, 0) is 43.6 Å². The molecule has 0 radical (unpaired) electrons. The summed E-state index contributed by atoms with van der Waals surface area (Å²) in [5.74, 6) is 1.54. The molecule has 0 saturated heterocycles. The quantitative estimate of drug-likeness (QED) is 0.577. The van der Waals surface area contributed by atoms with Gasteiger partial charge in [0.15, 0.2) is 5.78 Å². The van der Waals surface area contributed by atoms with Gasteiger partial charge in [-0.3, -0.25) is 4.79 Å². The van der Waals surface area contributed by atoms with Crippen molar-refractivity contribution in [3.05, 3.63) is 35.4 Å². The van der Waals surface area contributed by atoms with Crippen LogP contribution in [-0.2, 0) is 6.42 Å². The Labute approximate surface area is 130 Å². The molecular weight excluding hydrogens is 256 g/mol. The normalized spacial score (nSPS) is 22.2. The van der Waals surface area contributed by atoms with Crippen LogP contribution in [0.1, 0.15) is 81.1 Å². The predicted molar refractivity (Wildman–Crippen MR) is 89.7 cm³/mol. The van der Waals surface area contributed by atoms with Crippen LogP contribution in [0.3, 0.4) is 0 Å². The van der Waals surface area contributed by atoms with E-state index in [4.69, 9.17) is 0 Å². The largest absolute Gasteiger partial charge is 0.294 e. The van der Waals surface area contributed by atoms with Crippen LogP contribution in [0.2, 0.25) is 0 Å². The third-order valence-electron chi connectivity index (χ3n) is 4.96. The van der Waals surface area contributed by atoms with E-state index < -0.39 is 0 Å². The van der Waals surface area contributed by atoms with E-state index in [-0.39, 0.29) is 5.92 Å². The average molecular weight is 286 g/mol. The molecule has 21 heavy (non-hydrogen) atoms. The van der Waals surface area contributed by atoms with Crippen LogP contribution in [0.15, 0.2) is 24.3 Å². The first kappa shape index (κ1) is 16.3. The minimum absolute atomic E-state index is 0.278. The summed E-state index contributed by atoms with van der Waals surface area (Å²) in [6.45, 7) is 4.45. The number of carbonyl (C=O) groups is 1. The molecule has 0 atom stereocenters. The molecule has 0 heterocycles. The molecule has 0 bridgehead atoms. The van der Waals surface area contributed by atoms with Crippen molar-refractivity contribution >= 4 is 5.78 Å². The SMILES string of the molecule is CCCCC1CCC(C(=O)c2ccc(CCC)cc2)CC1. The van der Waals surface area contributed by atoms with E-state index in [2.05, 4.69) is 26.0 Å². The molecule has 1 aromatic carbocycles. The second-order valence-electron chi connectivity index (χ2n) is 6.67. The van der Waals surface area contributed by atoms with E-state index in [0.717, 1.165) is 37.2 Å². The highest BCUT2D eigenvalue weighted by atomic mass is 16.1. The van der Waals surface area contributed by atoms with Gasteiger partial charge in [-0.1, -0.05) is 63.8 Å². The lowest BCUT2D eigenvalue weighted by atomic mass is 9.77. The Bertz CT molecular complexity index is 424. The third kappa shape index (κ3) is 4.69. The van der Waals surface area contributed by atoms with Gasteiger partial charge in [0.05, 0.1) is 0 Å². The number of hydrogen-bond acceptors (Lipinski definition) is 1. The van der Waals surface area contributed by atoms with Gasteiger partial charge in [0.2, 0.25) is 0 Å². The van der Waals surface area contributed by atoms with Crippen molar-refractivity contribution in [2.75, 3.05) is 0 Å². The Morgan fingerprint density at radius 2 is 1.67 bits per heavy atom. The molecule has 1 nitrogen and oxygen atoms in total. The zero-order chi connectivity index (χ0) is 15.1. The number of unbranched alkanes of at least 4 members (excludes halogenated alkanes) is 1. The molecule has 0 aromatic heterocycles. The molecule has 0 spiro atoms. The number of Topliss-reactive ketones (excluding diaryl/α,β-unsaturated/α-hetero) is 1. The van der Waals surface area contributed by atoms with Crippen LogP contribution in [0, 0.1) is 11.8 Å². The summed E-state index contributed by atoms with van der Waals surface area (Å²) >= 11 is 0. The maximum atomic E-state index is 12.6. The maximum absolute atomic E-state index is 12.6. The fourth-order valence-corrected chi connectivity index (χ4v) is 3.57. The van der Waals surface area contributed by atoms with Crippen molar-refractivity contribution in [1.29, 1.82) is 0 Å². The summed E-state index contributed by atoms with van der Waals surface area (Å²) < 4.78 is 0. The minimum Gasteiger partial charge on any atom is -0.294 e. The Kier molecular flexibility index (Phi) is 6.48. The molecule has 1 saturated carbocycles. The monoisotopic (exact) mass is 286 g/mol. The van der Waals surface area contributed by atoms with Crippen molar-refractivity contribution in [1.82, 2.24) is 0 Å². The second-order valence-corrected chi connectivity index (χ2v) is 6.67. The molecule has 1 aromatic rings. The Morgan fingerprint density at radius 1 is 1.00 bits per heavy atom. The Hall–Kier alpha value is -1.11. The summed E-state index contributed by atoms with van der Waals surface area (Å²) in [5, 5.41) is 0. The number of hydrogen-bond donors (Lipinski definition) is 0. The van der Waals surface area contributed by atoms with Gasteiger partial charge in [0.25, 0.3) is 0 Å². The maximum Gasteiger partial charge on any atom is 0.165 e. The average Bonchev–Trinajstić information content (AvgIpc) is 2.54. The zero-order valence-corrected chi connectivity index (χ0v) is 13.7. The van der Waals surface area contributed by atoms with E-state index in [1.54, 1.807) is 0 Å². The van der Waals surface area contributed by atoms with Gasteiger partial charge in [-0.2, -0.15) is 0 Å². The molecule has 1 aliphatic carbocycles. The number of aryl methyl sites for hydroxylation is 1. The van der Waals surface area contributed by atoms with Crippen LogP contribution in [0.25, 0.3) is 0 Å². The highest BCUT2D eigenvalue weighted by molar-refractivity contribution is 5.97. The molecule has 1 fully saturated rings. The van der Waals surface area contributed by atoms with Gasteiger partial charge in [0.1, 0.15) is 0 Å². The zero-order valence-electron chi connectivity index (χ0n) is 13.7. The van der Waals surface area contributed by atoms with Gasteiger partial charge < -0.3 is 0 Å². The number of rotatable bonds is 7. The Morgan fingerprint density at radius 3 is 2.24 bits per heavy atom. The van der Waals surface area contributed by atoms with Gasteiger partial charge >= 0.3 is 0 Å². The van der Waals surface area contributed by atoms with Crippen LogP contribution in [-0.4, -0.2) is 5.78 Å². The molecule has 0 unspecified atom stereocenters. The summed E-state index contributed by atoms with van der Waals surface area (Å²) in [4.78, 5) is 12.6. The summed E-state index contributed by atoms with van der Waals surface area (Å²) in [6, 6.07) is 8.33. The standard InChI is InChI=1S/C20H30O/c1-3-5-7-17-10-14-19(15-11-17)20(21)18-12-8-16(6-4-2)9-13-18/h8-9,12-13,17,19H,3-7,10-11,14-15H2,1-2H3. The molecule has 0 N–H and O–H groups in total. The molecular formula is C20H30O. The fraction of sp³-hybridized carbons (Fsp3) is 0.650. The van der Waals surface area contributed by atoms with E-state index in [1.165, 1.54) is 37.7 Å². The lowest BCUT2D eigenvalue weighted by Gasteiger charge is -2.27. The van der Waals surface area contributed by atoms with Crippen molar-refractivity contribution in [3.63, 3.8) is 0 Å². The molecule has 1 heteroatoms. The van der Waals surface area contributed by atoms with Gasteiger partial charge in [-0.15, -0.1) is 0 Å². The highest BCUT2D eigenvalue weighted by Gasteiger charge is 2.26. The van der Waals surface area contributed by atoms with Crippen molar-refractivity contribution in [3.8, 4) is 0 Å². The first-order chi connectivity index (χ1) is 10.2. The molecule has 2 rings (SSSR count). The smallest absolute Gasteiger partial charge is 0.165 e. The molecule has 0 amide bonds. The van der Waals surface area contributed by atoms with Crippen molar-refractivity contribution < 1.29 is 4.79 Å². The number of ketones is 1. The summed E-state index contributed by atoms with van der Waals surface area (Å²) in [7, 11) is 0. The van der Waals surface area contributed by atoms with Crippen molar-refractivity contribution in [2.45, 2.75) is 71.6 Å². The summed E-state index contributed by atoms with van der Waals surface area (Å²) in [5.41, 5.74) is 2.27. The number of carbonyl (C=O) groups excluding carboxylic acids is 1. The second kappa shape index (κ2) is 8.36. The molecule has 0 aliphatic heterocycles. The predicted octanol–water partition coefficient (Wildman–Crippen LogP) is 5.82. The van der Waals surface area contributed by atoms with Crippen LogP contribution >= 0.6 is 0 Å². The lowest BCUT2D eigenvalue weighted by Crippen LogP contribution is -2.22. The van der Waals surface area contributed by atoms with Crippen molar-refractivity contribution in [2.24, 2.45) is 11.8 Å². The molecule has 116 valence electrons. The minimum atomic E-state index is 0.278. The van der Waals surface area contributed by atoms with E-state index in [0.29, 0.717) is 5.78 Å². The summed E-state index contributed by atoms with van der Waals surface area (Å²) in [6.07, 6.45) is 11.0. The van der Waals surface area contributed by atoms with Crippen LogP contribution < -0.4 is 0 Å². The van der Waals surface area contributed by atoms with Crippen LogP contribution in [0.5, 0.6) is 0 Å². The number of benzene rings is 1. The Balaban J connectivity index is 1.86.